The summed E-state index contributed by atoms with van der Waals surface area (Å²) >= 11 is 0. The first kappa shape index (κ1) is 20.6. The Morgan fingerprint density at radius 3 is 2.42 bits per heavy atom. The smallest absolute Gasteiger partial charge is 0.238 e. The normalized spacial score (nSPS) is 11.1. The van der Waals surface area contributed by atoms with Gasteiger partial charge in [-0.3, -0.25) is 4.79 Å². The molecular weight excluding hydrogens is 390 g/mol. The third kappa shape index (κ3) is 4.41. The first-order valence-electron chi connectivity index (χ1n) is 10.2. The van der Waals surface area contributed by atoms with Gasteiger partial charge < -0.3 is 20.4 Å². The van der Waals surface area contributed by atoms with Gasteiger partial charge in [0.1, 0.15) is 17.9 Å². The number of rotatable bonds is 7. The number of hydrogen-bond acceptors (Lipinski definition) is 6. The number of benzene rings is 2. The van der Waals surface area contributed by atoms with Crippen molar-refractivity contribution in [2.24, 2.45) is 0 Å². The van der Waals surface area contributed by atoms with Crippen LogP contribution in [0, 0.1) is 0 Å². The Kier molecular flexibility index (Phi) is 5.95. The van der Waals surface area contributed by atoms with Crippen LogP contribution in [0.3, 0.4) is 0 Å². The average Bonchev–Trinajstić information content (AvgIpc) is 3.15. The molecule has 3 N–H and O–H groups in total. The van der Waals surface area contributed by atoms with Crippen LogP contribution in [0.4, 0.5) is 11.5 Å². The predicted molar refractivity (Wildman–Crippen MR) is 124 cm³/mol. The van der Waals surface area contributed by atoms with E-state index in [0.29, 0.717) is 11.5 Å². The first-order chi connectivity index (χ1) is 15.1. The van der Waals surface area contributed by atoms with Crippen molar-refractivity contribution in [3.63, 3.8) is 0 Å². The fourth-order valence-corrected chi connectivity index (χ4v) is 3.47. The van der Waals surface area contributed by atoms with Crippen molar-refractivity contribution in [1.29, 1.82) is 0 Å². The molecule has 0 atom stereocenters. The van der Waals surface area contributed by atoms with Crippen molar-refractivity contribution < 1.29 is 9.21 Å². The number of anilines is 2. The lowest BCUT2D eigenvalue weighted by Gasteiger charge is -2.11. The highest BCUT2D eigenvalue weighted by molar-refractivity contribution is 6.06. The van der Waals surface area contributed by atoms with Gasteiger partial charge in [0.2, 0.25) is 11.6 Å². The van der Waals surface area contributed by atoms with Gasteiger partial charge in [-0.15, -0.1) is 0 Å². The van der Waals surface area contributed by atoms with E-state index in [1.807, 2.05) is 54.6 Å². The molecule has 0 radical (unpaired) electrons. The molecule has 0 saturated heterocycles. The fourth-order valence-electron chi connectivity index (χ4n) is 3.47. The number of nitrogens with zero attached hydrogens (tertiary/aromatic N) is 2. The Labute approximate surface area is 180 Å². The summed E-state index contributed by atoms with van der Waals surface area (Å²) in [5, 5.41) is 9.95. The second-order valence-corrected chi connectivity index (χ2v) is 7.53. The second kappa shape index (κ2) is 8.97. The Morgan fingerprint density at radius 2 is 1.74 bits per heavy atom. The zero-order valence-corrected chi connectivity index (χ0v) is 17.8. The van der Waals surface area contributed by atoms with E-state index in [-0.39, 0.29) is 18.5 Å². The van der Waals surface area contributed by atoms with Gasteiger partial charge in [-0.1, -0.05) is 30.3 Å². The van der Waals surface area contributed by atoms with Gasteiger partial charge in [0.25, 0.3) is 0 Å². The number of likely N-dealkylation sites (N-methyl/N-ethyl adjacent to an activating group) is 1. The Bertz CT molecular complexity index is 1180. The van der Waals surface area contributed by atoms with E-state index in [4.69, 9.17) is 4.42 Å². The van der Waals surface area contributed by atoms with Gasteiger partial charge in [0.05, 0.1) is 11.9 Å². The molecule has 0 aliphatic carbocycles. The van der Waals surface area contributed by atoms with E-state index in [2.05, 4.69) is 39.8 Å². The molecule has 2 aromatic heterocycles. The van der Waals surface area contributed by atoms with E-state index in [9.17, 15) is 4.79 Å². The molecule has 2 aromatic carbocycles. The standard InChI is InChI=1S/C24H25N5O2/c1-15(2)28-23-21-20(16-7-5-4-6-8-16)22(31-24(21)27-14-26-23)17-9-11-18(12-10-17)29-19(30)13-25-3/h4-12,14-15,25H,13H2,1-3H3,(H,29,30)(H,26,27,28). The van der Waals surface area contributed by atoms with Crippen molar-refractivity contribution in [1.82, 2.24) is 15.3 Å². The first-order valence-corrected chi connectivity index (χ1v) is 10.2. The van der Waals surface area contributed by atoms with Gasteiger partial charge in [0, 0.05) is 22.9 Å². The third-order valence-corrected chi connectivity index (χ3v) is 4.74. The monoisotopic (exact) mass is 415 g/mol. The average molecular weight is 415 g/mol. The number of carbonyl (C=O) groups excluding carboxylic acids is 1. The molecule has 4 aromatic rings. The van der Waals surface area contributed by atoms with Gasteiger partial charge >= 0.3 is 0 Å². The number of amides is 1. The lowest BCUT2D eigenvalue weighted by molar-refractivity contribution is -0.115. The van der Waals surface area contributed by atoms with Crippen LogP contribution < -0.4 is 16.0 Å². The van der Waals surface area contributed by atoms with Crippen LogP contribution in [0.1, 0.15) is 13.8 Å². The molecule has 0 saturated carbocycles. The number of aromatic nitrogens is 2. The number of fused-ring (bicyclic) bond motifs is 1. The Hall–Kier alpha value is -3.71. The van der Waals surface area contributed by atoms with Gasteiger partial charge in [-0.2, -0.15) is 0 Å². The van der Waals surface area contributed by atoms with E-state index >= 15 is 0 Å². The van der Waals surface area contributed by atoms with E-state index in [1.54, 1.807) is 7.05 Å². The molecule has 0 spiro atoms. The van der Waals surface area contributed by atoms with Gasteiger partial charge in [-0.05, 0) is 50.7 Å². The lowest BCUT2D eigenvalue weighted by atomic mass is 9.99. The van der Waals surface area contributed by atoms with Crippen LogP contribution in [0.15, 0.2) is 65.3 Å². The summed E-state index contributed by atoms with van der Waals surface area (Å²) < 4.78 is 6.23. The zero-order chi connectivity index (χ0) is 21.8. The van der Waals surface area contributed by atoms with Gasteiger partial charge in [-0.25, -0.2) is 9.97 Å². The van der Waals surface area contributed by atoms with Crippen LogP contribution in [0.5, 0.6) is 0 Å². The summed E-state index contributed by atoms with van der Waals surface area (Å²) in [5.41, 5.74) is 4.09. The maximum Gasteiger partial charge on any atom is 0.238 e. The molecule has 0 unspecified atom stereocenters. The van der Waals surface area contributed by atoms with Crippen LogP contribution in [-0.2, 0) is 4.79 Å². The molecule has 0 bridgehead atoms. The molecule has 158 valence electrons. The summed E-state index contributed by atoms with van der Waals surface area (Å²) in [6.45, 7) is 4.39. The maximum absolute atomic E-state index is 11.8. The summed E-state index contributed by atoms with van der Waals surface area (Å²) in [4.78, 5) is 20.7. The Balaban J connectivity index is 1.83. The summed E-state index contributed by atoms with van der Waals surface area (Å²) in [6, 6.07) is 17.9. The number of nitrogens with one attached hydrogen (secondary N) is 3. The molecule has 7 nitrogen and oxygen atoms in total. The van der Waals surface area contributed by atoms with Crippen molar-refractivity contribution in [3.8, 4) is 22.5 Å². The molecule has 7 heteroatoms. The minimum absolute atomic E-state index is 0.0939. The number of hydrogen-bond donors (Lipinski definition) is 3. The van der Waals surface area contributed by atoms with Crippen molar-refractivity contribution in [3.05, 3.63) is 60.9 Å². The van der Waals surface area contributed by atoms with Crippen molar-refractivity contribution in [2.75, 3.05) is 24.2 Å². The zero-order valence-electron chi connectivity index (χ0n) is 17.8. The van der Waals surface area contributed by atoms with Crippen molar-refractivity contribution in [2.45, 2.75) is 19.9 Å². The summed E-state index contributed by atoms with van der Waals surface area (Å²) in [6.07, 6.45) is 1.51. The quantitative estimate of drug-likeness (QED) is 0.411. The highest BCUT2D eigenvalue weighted by atomic mass is 16.3. The summed E-state index contributed by atoms with van der Waals surface area (Å²) in [7, 11) is 1.74. The second-order valence-electron chi connectivity index (χ2n) is 7.53. The van der Waals surface area contributed by atoms with E-state index < -0.39 is 0 Å². The minimum Gasteiger partial charge on any atom is -0.437 e. The molecule has 2 heterocycles. The topological polar surface area (TPSA) is 92.1 Å². The SMILES string of the molecule is CNCC(=O)Nc1ccc(-c2oc3ncnc(NC(C)C)c3c2-c2ccccc2)cc1. The number of furan rings is 1. The van der Waals surface area contributed by atoms with Gasteiger partial charge in [0.15, 0.2) is 0 Å². The highest BCUT2D eigenvalue weighted by Gasteiger charge is 2.22. The molecule has 4 rings (SSSR count). The largest absolute Gasteiger partial charge is 0.437 e. The third-order valence-electron chi connectivity index (χ3n) is 4.74. The van der Waals surface area contributed by atoms with Crippen molar-refractivity contribution >= 4 is 28.5 Å². The van der Waals surface area contributed by atoms with Crippen LogP contribution in [0.2, 0.25) is 0 Å². The lowest BCUT2D eigenvalue weighted by Crippen LogP contribution is -2.24. The minimum atomic E-state index is -0.0939. The predicted octanol–water partition coefficient (Wildman–Crippen LogP) is 4.54. The van der Waals surface area contributed by atoms with Crippen LogP contribution >= 0.6 is 0 Å². The van der Waals surface area contributed by atoms with Crippen LogP contribution in [0.25, 0.3) is 33.6 Å². The van der Waals surface area contributed by atoms with E-state index in [1.165, 1.54) is 6.33 Å². The maximum atomic E-state index is 11.8. The molecule has 0 aliphatic heterocycles. The molecule has 0 fully saturated rings. The molecule has 0 aliphatic rings. The highest BCUT2D eigenvalue weighted by Crippen LogP contribution is 2.42. The van der Waals surface area contributed by atoms with E-state index in [0.717, 1.165) is 33.6 Å². The number of carbonyl (C=O) groups is 1. The molecule has 31 heavy (non-hydrogen) atoms. The molecular formula is C24H25N5O2. The Morgan fingerprint density at radius 1 is 1.00 bits per heavy atom. The molecule has 1 amide bonds. The fraction of sp³-hybridized carbons (Fsp3) is 0.208. The summed E-state index contributed by atoms with van der Waals surface area (Å²) in [5.74, 6) is 1.36. The van der Waals surface area contributed by atoms with Crippen LogP contribution in [-0.4, -0.2) is 35.5 Å².